The average Bonchev–Trinajstić information content (AvgIpc) is 4.16. The first-order valence-electron chi connectivity index (χ1n) is 22.1. The highest BCUT2D eigenvalue weighted by Gasteiger charge is 2.67. The molecule has 9 rings (SSSR count). The Bertz CT molecular complexity index is 2400. The second-order valence-electron chi connectivity index (χ2n) is 20.3. The van der Waals surface area contributed by atoms with Crippen molar-refractivity contribution in [2.24, 2.45) is 40.4 Å². The van der Waals surface area contributed by atoms with E-state index in [0.717, 1.165) is 49.3 Å². The van der Waals surface area contributed by atoms with Gasteiger partial charge in [-0.3, -0.25) is 23.9 Å². The largest absolute Gasteiger partial charge is 0.471 e. The standard InChI is InChI=1S/C46H56F2N4O8S/c1-44(2,3)31-21-38(54)60-37-19-26-18-30(26)29(37)12-6-5-7-13-34-41(50-39-28-11-9-8-10-25(28)14-15-33(39)49-34)59-27-20-35(52(24-27)42(31)55)36(53)23-46(22-32(46)40(47)48)43(56)51-61(57,58)45(4)16-17-45/h8-11,14-15,26-27,29-32,35,37,40H,5-7,12-13,16-24H2,1-4H3,(H,51,56)/t26-,27+,29+,30-,31+,32-,35-,37+,46+/m0/s1. The smallest absolute Gasteiger partial charge is 0.306 e. The molecule has 6 aliphatic rings. The Balaban J connectivity index is 1.07. The summed E-state index contributed by atoms with van der Waals surface area (Å²) >= 11 is 0. The number of ether oxygens (including phenoxy) is 2. The molecule has 2 aromatic carbocycles. The molecule has 9 atom stereocenters. The van der Waals surface area contributed by atoms with Gasteiger partial charge in [0.05, 0.1) is 40.6 Å². The molecule has 1 N–H and O–H groups in total. The van der Waals surface area contributed by atoms with Crippen LogP contribution < -0.4 is 9.46 Å². The summed E-state index contributed by atoms with van der Waals surface area (Å²) in [7, 11) is -4.19. The number of benzene rings is 2. The van der Waals surface area contributed by atoms with E-state index in [1.54, 1.807) is 0 Å². The predicted molar refractivity (Wildman–Crippen MR) is 222 cm³/mol. The molecule has 15 heteroatoms. The summed E-state index contributed by atoms with van der Waals surface area (Å²) in [5.74, 6) is -3.55. The van der Waals surface area contributed by atoms with Crippen LogP contribution in [0.25, 0.3) is 21.8 Å². The van der Waals surface area contributed by atoms with Crippen LogP contribution in [0.3, 0.4) is 0 Å². The van der Waals surface area contributed by atoms with Gasteiger partial charge in [-0.2, -0.15) is 0 Å². The molecule has 61 heavy (non-hydrogen) atoms. The summed E-state index contributed by atoms with van der Waals surface area (Å²) in [6, 6.07) is 10.6. The number of hydrogen-bond acceptors (Lipinski definition) is 10. The summed E-state index contributed by atoms with van der Waals surface area (Å²) in [6.45, 7) is 6.95. The Kier molecular flexibility index (Phi) is 10.5. The van der Waals surface area contributed by atoms with E-state index in [1.165, 1.54) is 11.8 Å². The van der Waals surface area contributed by atoms with E-state index in [9.17, 15) is 36.4 Å². The predicted octanol–water partition coefficient (Wildman–Crippen LogP) is 7.10. The minimum Gasteiger partial charge on any atom is -0.471 e. The maximum absolute atomic E-state index is 15.0. The molecule has 12 nitrogen and oxygen atoms in total. The Morgan fingerprint density at radius 1 is 0.984 bits per heavy atom. The highest BCUT2D eigenvalue weighted by molar-refractivity contribution is 7.91. The van der Waals surface area contributed by atoms with Gasteiger partial charge in [0.25, 0.3) is 0 Å². The lowest BCUT2D eigenvalue weighted by Crippen LogP contribution is -2.49. The van der Waals surface area contributed by atoms with Crippen molar-refractivity contribution in [2.75, 3.05) is 6.54 Å². The van der Waals surface area contributed by atoms with Crippen LogP contribution in [0, 0.1) is 40.4 Å². The number of fused-ring (bicyclic) bond motifs is 9. The van der Waals surface area contributed by atoms with E-state index in [-0.39, 0.29) is 43.7 Å². The van der Waals surface area contributed by atoms with Gasteiger partial charge in [0.15, 0.2) is 5.78 Å². The van der Waals surface area contributed by atoms with Crippen molar-refractivity contribution in [2.45, 2.75) is 141 Å². The number of halogens is 2. The number of nitrogens with zero attached hydrogens (tertiary/aromatic N) is 3. The van der Waals surface area contributed by atoms with E-state index in [1.807, 2.05) is 61.9 Å². The van der Waals surface area contributed by atoms with Crippen molar-refractivity contribution < 1.29 is 45.9 Å². The number of hydrogen-bond donors (Lipinski definition) is 1. The number of carbonyl (C=O) groups excluding carboxylic acids is 4. The van der Waals surface area contributed by atoms with Crippen LogP contribution in [0.15, 0.2) is 36.4 Å². The summed E-state index contributed by atoms with van der Waals surface area (Å²) in [4.78, 5) is 68.6. The molecule has 4 saturated carbocycles. The number of esters is 1. The topological polar surface area (TPSA) is 162 Å². The zero-order valence-corrected chi connectivity index (χ0v) is 36.1. The van der Waals surface area contributed by atoms with Gasteiger partial charge in [0.2, 0.25) is 34.1 Å². The van der Waals surface area contributed by atoms with Gasteiger partial charge in [-0.1, -0.05) is 63.9 Å². The SMILES string of the molecule is CC(C)(C)[C@@H]1CC(=O)O[C@@H]2C[C@@H]3C[C@@H]3[C@H]2CCCCCc2nc3ccc4ccccc4c3nc2O[C@@H]2C[C@@H](C(=O)C[C@]3(C(=O)NS(=O)(=O)C4(C)CC4)C[C@H]3C(F)F)N(C2)C1=O. The third-order valence-corrected chi connectivity index (χ3v) is 17.1. The van der Waals surface area contributed by atoms with E-state index in [4.69, 9.17) is 19.4 Å². The number of Topliss-reactive ketones (excluding diaryl/α,β-unsaturated/α-hetero) is 1. The molecule has 0 radical (unpaired) electrons. The minimum atomic E-state index is -4.19. The molecule has 2 bridgehead atoms. The fraction of sp³-hybridized carbons (Fsp3) is 0.652. The van der Waals surface area contributed by atoms with Crippen LogP contribution in [0.2, 0.25) is 0 Å². The maximum Gasteiger partial charge on any atom is 0.306 e. The zero-order valence-electron chi connectivity index (χ0n) is 35.3. The minimum absolute atomic E-state index is 0.0411. The molecule has 3 heterocycles. The number of alkyl halides is 2. The number of amides is 2. The zero-order chi connectivity index (χ0) is 43.2. The third kappa shape index (κ3) is 7.90. The van der Waals surface area contributed by atoms with Crippen molar-refractivity contribution in [1.82, 2.24) is 19.6 Å². The number of carbonyl (C=O) groups is 4. The quantitative estimate of drug-likeness (QED) is 0.192. The van der Waals surface area contributed by atoms with E-state index < -0.39 is 86.0 Å². The van der Waals surface area contributed by atoms with Gasteiger partial charge >= 0.3 is 5.97 Å². The van der Waals surface area contributed by atoms with Crippen LogP contribution >= 0.6 is 0 Å². The molecule has 1 saturated heterocycles. The molecule has 3 aromatic rings. The highest BCUT2D eigenvalue weighted by Crippen LogP contribution is 2.60. The molecular weight excluding hydrogens is 807 g/mol. The first-order valence-corrected chi connectivity index (χ1v) is 23.6. The molecule has 2 amide bonds. The van der Waals surface area contributed by atoms with Gasteiger partial charge in [-0.25, -0.2) is 27.2 Å². The van der Waals surface area contributed by atoms with Crippen molar-refractivity contribution >= 4 is 55.4 Å². The molecule has 328 valence electrons. The number of sulfonamides is 1. The van der Waals surface area contributed by atoms with E-state index in [0.29, 0.717) is 47.8 Å². The van der Waals surface area contributed by atoms with Crippen LogP contribution in [-0.2, 0) is 40.4 Å². The van der Waals surface area contributed by atoms with Crippen LogP contribution in [0.4, 0.5) is 8.78 Å². The second-order valence-corrected chi connectivity index (χ2v) is 22.4. The van der Waals surface area contributed by atoms with Gasteiger partial charge < -0.3 is 14.4 Å². The number of aromatic nitrogens is 2. The fourth-order valence-electron chi connectivity index (χ4n) is 10.6. The lowest BCUT2D eigenvalue weighted by molar-refractivity contribution is -0.158. The van der Waals surface area contributed by atoms with E-state index >= 15 is 0 Å². The van der Waals surface area contributed by atoms with Gasteiger partial charge in [-0.05, 0) is 92.9 Å². The summed E-state index contributed by atoms with van der Waals surface area (Å²) < 4.78 is 68.8. The second kappa shape index (κ2) is 15.2. The molecule has 0 spiro atoms. The Hall–Kier alpha value is -4.27. The summed E-state index contributed by atoms with van der Waals surface area (Å²) in [5, 5.41) is 1.86. The van der Waals surface area contributed by atoms with Crippen LogP contribution in [-0.4, -0.2) is 82.8 Å². The van der Waals surface area contributed by atoms with Crippen molar-refractivity contribution in [3.05, 3.63) is 42.1 Å². The lowest BCUT2D eigenvalue weighted by Gasteiger charge is -2.35. The van der Waals surface area contributed by atoms with Crippen LogP contribution in [0.5, 0.6) is 5.88 Å². The summed E-state index contributed by atoms with van der Waals surface area (Å²) in [5.41, 5.74) is -0.720. The molecule has 4 aliphatic carbocycles. The van der Waals surface area contributed by atoms with Crippen molar-refractivity contribution in [1.29, 1.82) is 0 Å². The van der Waals surface area contributed by atoms with Crippen molar-refractivity contribution in [3.63, 3.8) is 0 Å². The first kappa shape index (κ1) is 42.1. The number of rotatable bonds is 7. The number of ketones is 1. The molecule has 5 fully saturated rings. The monoisotopic (exact) mass is 862 g/mol. The van der Waals surface area contributed by atoms with Gasteiger partial charge in [0, 0.05) is 24.1 Å². The maximum atomic E-state index is 15.0. The molecular formula is C46H56F2N4O8S. The fourth-order valence-corrected chi connectivity index (χ4v) is 12.0. The normalized spacial score (nSPS) is 32.5. The van der Waals surface area contributed by atoms with E-state index in [2.05, 4.69) is 0 Å². The molecule has 0 unspecified atom stereocenters. The number of aryl methyl sites for hydroxylation is 1. The van der Waals surface area contributed by atoms with Crippen LogP contribution in [0.1, 0.15) is 110 Å². The molecule has 1 aromatic heterocycles. The molecule has 2 aliphatic heterocycles. The van der Waals surface area contributed by atoms with Gasteiger partial charge in [-0.15, -0.1) is 0 Å². The highest BCUT2D eigenvalue weighted by atomic mass is 32.2. The summed E-state index contributed by atoms with van der Waals surface area (Å²) in [6.07, 6.45) is 1.51. The number of nitrogens with one attached hydrogen (secondary N) is 1. The first-order chi connectivity index (χ1) is 28.9. The third-order valence-electron chi connectivity index (χ3n) is 15.0. The Morgan fingerprint density at radius 3 is 2.48 bits per heavy atom. The lowest BCUT2D eigenvalue weighted by atomic mass is 9.77. The van der Waals surface area contributed by atoms with Gasteiger partial charge in [0.1, 0.15) is 23.4 Å². The average molecular weight is 863 g/mol. The Morgan fingerprint density at radius 2 is 1.75 bits per heavy atom. The van der Waals surface area contributed by atoms with Crippen molar-refractivity contribution in [3.8, 4) is 5.88 Å². The Labute approximate surface area is 355 Å².